The Morgan fingerprint density at radius 3 is 2.83 bits per heavy atom. The zero-order valence-electron chi connectivity index (χ0n) is 15.7. The van der Waals surface area contributed by atoms with Crippen LogP contribution in [0.15, 0.2) is 10.4 Å². The van der Waals surface area contributed by atoms with E-state index < -0.39 is 0 Å². The Bertz CT molecular complexity index is 479. The quantitative estimate of drug-likeness (QED) is 0.375. The molecule has 0 aliphatic carbocycles. The van der Waals surface area contributed by atoms with E-state index in [0.717, 1.165) is 55.8 Å². The molecule has 0 aliphatic heterocycles. The summed E-state index contributed by atoms with van der Waals surface area (Å²) in [6.45, 7) is 7.41. The largest absolute Gasteiger partial charge is 0.381 e. The van der Waals surface area contributed by atoms with Crippen LogP contribution >= 0.6 is 11.3 Å². The van der Waals surface area contributed by atoms with Gasteiger partial charge in [-0.1, -0.05) is 13.3 Å². The minimum atomic E-state index is 0.0409. The normalized spacial score (nSPS) is 13.1. The standard InChI is InChI=1S/C17H32N4O2S/c1-6-7-10-23-11-8-9-19-17(18-3)21(4)12-15-13-24-16(20-15)14(2)22-5/h13-14H,6-12H2,1-5H3,(H,18,19). The highest BCUT2D eigenvalue weighted by atomic mass is 32.1. The van der Waals surface area contributed by atoms with Gasteiger partial charge in [0, 0.05) is 46.3 Å². The van der Waals surface area contributed by atoms with Crippen molar-refractivity contribution in [2.75, 3.05) is 41.0 Å². The lowest BCUT2D eigenvalue weighted by atomic mass is 10.3. The number of thiazole rings is 1. The number of hydrogen-bond acceptors (Lipinski definition) is 5. The predicted octanol–water partition coefficient (Wildman–Crippen LogP) is 3.06. The highest BCUT2D eigenvalue weighted by Gasteiger charge is 2.12. The first-order chi connectivity index (χ1) is 11.6. The highest BCUT2D eigenvalue weighted by molar-refractivity contribution is 7.09. The Balaban J connectivity index is 2.33. The number of ether oxygens (including phenoxy) is 2. The third kappa shape index (κ3) is 7.59. The second kappa shape index (κ2) is 12.2. The highest BCUT2D eigenvalue weighted by Crippen LogP contribution is 2.20. The fourth-order valence-corrected chi connectivity index (χ4v) is 2.95. The Hall–Kier alpha value is -1.18. The molecule has 0 aromatic carbocycles. The molecule has 1 N–H and O–H groups in total. The minimum absolute atomic E-state index is 0.0409. The average molecular weight is 357 g/mol. The van der Waals surface area contributed by atoms with Gasteiger partial charge in [0.2, 0.25) is 0 Å². The van der Waals surface area contributed by atoms with E-state index >= 15 is 0 Å². The summed E-state index contributed by atoms with van der Waals surface area (Å²) in [7, 11) is 5.53. The number of rotatable bonds is 11. The molecule has 6 nitrogen and oxygen atoms in total. The van der Waals surface area contributed by atoms with Crippen molar-refractivity contribution in [3.05, 3.63) is 16.1 Å². The average Bonchev–Trinajstić information content (AvgIpc) is 3.05. The number of nitrogens with zero attached hydrogens (tertiary/aromatic N) is 3. The molecule has 1 aromatic rings. The molecule has 7 heteroatoms. The van der Waals surface area contributed by atoms with Crippen LogP contribution in [0.4, 0.5) is 0 Å². The van der Waals surface area contributed by atoms with Gasteiger partial charge < -0.3 is 19.7 Å². The summed E-state index contributed by atoms with van der Waals surface area (Å²) in [6, 6.07) is 0. The molecule has 0 saturated heterocycles. The van der Waals surface area contributed by atoms with Crippen LogP contribution in [-0.2, 0) is 16.0 Å². The van der Waals surface area contributed by atoms with Gasteiger partial charge in [-0.2, -0.15) is 0 Å². The molecule has 1 atom stereocenters. The van der Waals surface area contributed by atoms with Gasteiger partial charge in [0.05, 0.1) is 12.2 Å². The molecule has 0 aliphatic rings. The van der Waals surface area contributed by atoms with Gasteiger partial charge in [-0.25, -0.2) is 4.98 Å². The maximum absolute atomic E-state index is 5.57. The molecule has 1 heterocycles. The van der Waals surface area contributed by atoms with Gasteiger partial charge in [-0.3, -0.25) is 4.99 Å². The van der Waals surface area contributed by atoms with Crippen LogP contribution in [0.1, 0.15) is 49.9 Å². The van der Waals surface area contributed by atoms with Gasteiger partial charge in [-0.15, -0.1) is 11.3 Å². The van der Waals surface area contributed by atoms with Crippen LogP contribution in [0.2, 0.25) is 0 Å². The molecular weight excluding hydrogens is 324 g/mol. The third-order valence-electron chi connectivity index (χ3n) is 3.63. The van der Waals surface area contributed by atoms with Gasteiger partial charge in [0.15, 0.2) is 5.96 Å². The first-order valence-corrected chi connectivity index (χ1v) is 9.46. The van der Waals surface area contributed by atoms with Gasteiger partial charge >= 0.3 is 0 Å². The molecular formula is C17H32N4O2S. The molecule has 0 spiro atoms. The predicted molar refractivity (Wildman–Crippen MR) is 101 cm³/mol. The summed E-state index contributed by atoms with van der Waals surface area (Å²) in [5.74, 6) is 0.873. The number of guanidine groups is 1. The number of unbranched alkanes of at least 4 members (excludes halogenated alkanes) is 1. The Morgan fingerprint density at radius 2 is 2.17 bits per heavy atom. The van der Waals surface area contributed by atoms with Crippen LogP contribution in [0, 0.1) is 0 Å². The van der Waals surface area contributed by atoms with Crippen molar-refractivity contribution in [1.82, 2.24) is 15.2 Å². The smallest absolute Gasteiger partial charge is 0.193 e. The number of aromatic nitrogens is 1. The van der Waals surface area contributed by atoms with Crippen molar-refractivity contribution in [2.24, 2.45) is 4.99 Å². The molecule has 1 rings (SSSR count). The molecule has 1 aromatic heterocycles. The van der Waals surface area contributed by atoms with E-state index in [0.29, 0.717) is 0 Å². The lowest BCUT2D eigenvalue weighted by molar-refractivity contribution is 0.119. The maximum Gasteiger partial charge on any atom is 0.193 e. The molecule has 1 unspecified atom stereocenters. The number of hydrogen-bond donors (Lipinski definition) is 1. The van der Waals surface area contributed by atoms with Crippen molar-refractivity contribution in [3.63, 3.8) is 0 Å². The van der Waals surface area contributed by atoms with Crippen molar-refractivity contribution in [1.29, 1.82) is 0 Å². The first-order valence-electron chi connectivity index (χ1n) is 8.59. The summed E-state index contributed by atoms with van der Waals surface area (Å²) < 4.78 is 10.9. The van der Waals surface area contributed by atoms with Crippen molar-refractivity contribution < 1.29 is 9.47 Å². The van der Waals surface area contributed by atoms with E-state index in [-0.39, 0.29) is 6.10 Å². The summed E-state index contributed by atoms with van der Waals surface area (Å²) in [6.07, 6.45) is 3.33. The van der Waals surface area contributed by atoms with Gasteiger partial charge in [0.25, 0.3) is 0 Å². The Morgan fingerprint density at radius 1 is 1.42 bits per heavy atom. The lowest BCUT2D eigenvalue weighted by Gasteiger charge is -2.21. The van der Waals surface area contributed by atoms with Crippen LogP contribution < -0.4 is 5.32 Å². The van der Waals surface area contributed by atoms with Crippen molar-refractivity contribution in [3.8, 4) is 0 Å². The van der Waals surface area contributed by atoms with Gasteiger partial charge in [-0.05, 0) is 19.8 Å². The monoisotopic (exact) mass is 356 g/mol. The van der Waals surface area contributed by atoms with Crippen LogP contribution in [0.25, 0.3) is 0 Å². The van der Waals surface area contributed by atoms with Gasteiger partial charge in [0.1, 0.15) is 11.1 Å². The summed E-state index contributed by atoms with van der Waals surface area (Å²) in [5, 5.41) is 6.45. The van der Waals surface area contributed by atoms with Crippen molar-refractivity contribution >= 4 is 17.3 Å². The number of methoxy groups -OCH3 is 1. The summed E-state index contributed by atoms with van der Waals surface area (Å²) >= 11 is 1.63. The summed E-state index contributed by atoms with van der Waals surface area (Å²) in [5.41, 5.74) is 1.03. The van der Waals surface area contributed by atoms with Crippen LogP contribution in [0.3, 0.4) is 0 Å². The number of nitrogens with one attached hydrogen (secondary N) is 1. The number of aliphatic imine (C=N–C) groups is 1. The third-order valence-corrected chi connectivity index (χ3v) is 4.69. The molecule has 0 saturated carbocycles. The maximum atomic E-state index is 5.57. The van der Waals surface area contributed by atoms with E-state index in [1.54, 1.807) is 25.5 Å². The van der Waals surface area contributed by atoms with Crippen molar-refractivity contribution in [2.45, 2.75) is 45.8 Å². The summed E-state index contributed by atoms with van der Waals surface area (Å²) in [4.78, 5) is 11.0. The fraction of sp³-hybridized carbons (Fsp3) is 0.765. The zero-order chi connectivity index (χ0) is 17.8. The molecule has 0 radical (unpaired) electrons. The van der Waals surface area contributed by atoms with E-state index in [2.05, 4.69) is 32.5 Å². The SMILES string of the molecule is CCCCOCCCNC(=NC)N(C)Cc1csc(C(C)OC)n1. The first kappa shape index (κ1) is 20.9. The van der Waals surface area contributed by atoms with E-state index in [1.165, 1.54) is 6.42 Å². The topological polar surface area (TPSA) is 59.0 Å². The second-order valence-corrected chi connectivity index (χ2v) is 6.59. The minimum Gasteiger partial charge on any atom is -0.381 e. The van der Waals surface area contributed by atoms with E-state index in [1.807, 2.05) is 14.0 Å². The lowest BCUT2D eigenvalue weighted by Crippen LogP contribution is -2.39. The van der Waals surface area contributed by atoms with E-state index in [4.69, 9.17) is 9.47 Å². The Labute approximate surface area is 150 Å². The van der Waals surface area contributed by atoms with E-state index in [9.17, 15) is 0 Å². The molecule has 24 heavy (non-hydrogen) atoms. The fourth-order valence-electron chi connectivity index (χ4n) is 2.11. The molecule has 0 amide bonds. The molecule has 0 bridgehead atoms. The zero-order valence-corrected chi connectivity index (χ0v) is 16.5. The van der Waals surface area contributed by atoms with Crippen LogP contribution in [-0.4, -0.2) is 56.8 Å². The Kier molecular flexibility index (Phi) is 10.6. The van der Waals surface area contributed by atoms with Crippen LogP contribution in [0.5, 0.6) is 0 Å². The second-order valence-electron chi connectivity index (χ2n) is 5.70. The molecule has 138 valence electrons. The molecule has 0 fully saturated rings.